The van der Waals surface area contributed by atoms with Crippen LogP contribution in [0.3, 0.4) is 0 Å². The van der Waals surface area contributed by atoms with Gasteiger partial charge < -0.3 is 9.84 Å². The molecule has 1 unspecified atom stereocenters. The molecular weight excluding hydrogens is 147 g/mol. The normalized spacial score (nSPS) is 16.4. The molecule has 0 heterocycles. The zero-order valence-corrected chi connectivity index (χ0v) is 7.27. The average Bonchev–Trinajstić information content (AvgIpc) is 2.05. The molecule has 11 heavy (non-hydrogen) atoms. The van der Waals surface area contributed by atoms with Crippen molar-refractivity contribution in [2.24, 2.45) is 0 Å². The fraction of sp³-hybridized carbons (Fsp3) is 1.00. The number of hydrogen-bond acceptors (Lipinski definition) is 2. The van der Waals surface area contributed by atoms with Gasteiger partial charge >= 0.3 is 0 Å². The topological polar surface area (TPSA) is 29.5 Å². The molecule has 0 saturated carbocycles. The van der Waals surface area contributed by atoms with Crippen LogP contribution < -0.4 is 0 Å². The van der Waals surface area contributed by atoms with Crippen LogP contribution >= 0.6 is 0 Å². The molecule has 0 aliphatic rings. The lowest BCUT2D eigenvalue weighted by molar-refractivity contribution is -0.0621. The minimum Gasteiger partial charge on any atom is -0.385 e. The van der Waals surface area contributed by atoms with Crippen molar-refractivity contribution in [1.29, 1.82) is 0 Å². The van der Waals surface area contributed by atoms with E-state index >= 15 is 0 Å². The van der Waals surface area contributed by atoms with E-state index in [1.807, 2.05) is 6.92 Å². The van der Waals surface area contributed by atoms with Gasteiger partial charge in [0.05, 0.1) is 6.61 Å². The van der Waals surface area contributed by atoms with Crippen LogP contribution in [0.1, 0.15) is 26.7 Å². The Kier molecular flexibility index (Phi) is 5.42. The van der Waals surface area contributed by atoms with Crippen LogP contribution in [0.4, 0.5) is 4.39 Å². The Morgan fingerprint density at radius 2 is 2.09 bits per heavy atom. The van der Waals surface area contributed by atoms with Crippen molar-refractivity contribution >= 4 is 0 Å². The Bertz CT molecular complexity index is 92.1. The second-order valence-electron chi connectivity index (χ2n) is 2.76. The molecule has 68 valence electrons. The average molecular weight is 164 g/mol. The molecule has 0 aromatic rings. The van der Waals surface area contributed by atoms with Gasteiger partial charge in [-0.3, -0.25) is 0 Å². The summed E-state index contributed by atoms with van der Waals surface area (Å²) >= 11 is 0. The molecule has 0 aliphatic heterocycles. The molecule has 0 bridgehead atoms. The molecule has 0 fully saturated rings. The molecule has 3 heteroatoms. The van der Waals surface area contributed by atoms with Crippen LogP contribution in [0.2, 0.25) is 0 Å². The second-order valence-corrected chi connectivity index (χ2v) is 2.76. The number of hydrogen-bond donors (Lipinski definition) is 1. The Morgan fingerprint density at radius 1 is 1.45 bits per heavy atom. The number of rotatable bonds is 6. The fourth-order valence-electron chi connectivity index (χ4n) is 0.642. The third-order valence-corrected chi connectivity index (χ3v) is 1.63. The zero-order valence-electron chi connectivity index (χ0n) is 7.27. The Morgan fingerprint density at radius 3 is 2.45 bits per heavy atom. The molecule has 0 rings (SSSR count). The lowest BCUT2D eigenvalue weighted by Crippen LogP contribution is -2.36. The van der Waals surface area contributed by atoms with Crippen LogP contribution in [-0.4, -0.2) is 30.6 Å². The summed E-state index contributed by atoms with van der Waals surface area (Å²) in [4.78, 5) is 0. The third-order valence-electron chi connectivity index (χ3n) is 1.63. The number of alkyl halides is 1. The van der Waals surface area contributed by atoms with Crippen molar-refractivity contribution in [2.45, 2.75) is 32.3 Å². The number of halogens is 1. The van der Waals surface area contributed by atoms with Crippen molar-refractivity contribution in [2.75, 3.05) is 19.9 Å². The maximum Gasteiger partial charge on any atom is 0.120 e. The van der Waals surface area contributed by atoms with Gasteiger partial charge in [0.25, 0.3) is 0 Å². The van der Waals surface area contributed by atoms with E-state index in [9.17, 15) is 9.50 Å². The first kappa shape index (κ1) is 10.8. The molecule has 1 N–H and O–H groups in total. The number of ether oxygens (including phenoxy) is 1. The minimum atomic E-state index is -1.25. The van der Waals surface area contributed by atoms with E-state index in [2.05, 4.69) is 0 Å². The maximum absolute atomic E-state index is 12.1. The molecule has 0 aliphatic carbocycles. The van der Waals surface area contributed by atoms with E-state index in [4.69, 9.17) is 4.74 Å². The Hall–Kier alpha value is -0.150. The summed E-state index contributed by atoms with van der Waals surface area (Å²) in [7, 11) is 0. The third kappa shape index (κ3) is 4.32. The summed E-state index contributed by atoms with van der Waals surface area (Å²) in [6.07, 6.45) is 1.29. The SMILES string of the molecule is CCCOCC(O)(CC)CF. The molecule has 0 spiro atoms. The van der Waals surface area contributed by atoms with Gasteiger partial charge in [-0.15, -0.1) is 0 Å². The predicted molar refractivity (Wildman–Crippen MR) is 42.3 cm³/mol. The summed E-state index contributed by atoms with van der Waals surface area (Å²) in [5, 5.41) is 9.36. The lowest BCUT2D eigenvalue weighted by Gasteiger charge is -2.22. The van der Waals surface area contributed by atoms with Gasteiger partial charge in [-0.05, 0) is 12.8 Å². The van der Waals surface area contributed by atoms with E-state index in [0.717, 1.165) is 6.42 Å². The Balaban J connectivity index is 3.51. The van der Waals surface area contributed by atoms with Gasteiger partial charge in [0, 0.05) is 6.61 Å². The van der Waals surface area contributed by atoms with Gasteiger partial charge in [-0.2, -0.15) is 0 Å². The minimum absolute atomic E-state index is 0.105. The van der Waals surface area contributed by atoms with Crippen LogP contribution in [0.5, 0.6) is 0 Å². The monoisotopic (exact) mass is 164 g/mol. The van der Waals surface area contributed by atoms with E-state index in [-0.39, 0.29) is 6.61 Å². The molecule has 2 nitrogen and oxygen atoms in total. The van der Waals surface area contributed by atoms with Gasteiger partial charge in [0.15, 0.2) is 0 Å². The summed E-state index contributed by atoms with van der Waals surface area (Å²) in [6, 6.07) is 0. The Labute approximate surface area is 67.4 Å². The highest BCUT2D eigenvalue weighted by molar-refractivity contribution is 4.74. The molecule has 0 saturated heterocycles. The van der Waals surface area contributed by atoms with Crippen molar-refractivity contribution < 1.29 is 14.2 Å². The van der Waals surface area contributed by atoms with Crippen LogP contribution in [-0.2, 0) is 4.74 Å². The van der Waals surface area contributed by atoms with E-state index in [0.29, 0.717) is 13.0 Å². The smallest absolute Gasteiger partial charge is 0.120 e. The standard InChI is InChI=1S/C8H17FO2/c1-3-5-11-7-8(10,4-2)6-9/h10H,3-7H2,1-2H3. The summed E-state index contributed by atoms with van der Waals surface area (Å²) in [5.41, 5.74) is -1.25. The van der Waals surface area contributed by atoms with Gasteiger partial charge in [-0.1, -0.05) is 13.8 Å². The highest BCUT2D eigenvalue weighted by Gasteiger charge is 2.24. The van der Waals surface area contributed by atoms with Crippen LogP contribution in [0, 0.1) is 0 Å². The molecule has 0 aromatic carbocycles. The first-order chi connectivity index (χ1) is 5.18. The van der Waals surface area contributed by atoms with E-state index in [1.165, 1.54) is 0 Å². The highest BCUT2D eigenvalue weighted by atomic mass is 19.1. The van der Waals surface area contributed by atoms with Crippen molar-refractivity contribution in [3.05, 3.63) is 0 Å². The quantitative estimate of drug-likeness (QED) is 0.603. The molecule has 0 amide bonds. The van der Waals surface area contributed by atoms with E-state index in [1.54, 1.807) is 6.92 Å². The largest absolute Gasteiger partial charge is 0.385 e. The fourth-order valence-corrected chi connectivity index (χ4v) is 0.642. The van der Waals surface area contributed by atoms with Gasteiger partial charge in [-0.25, -0.2) is 4.39 Å². The predicted octanol–water partition coefficient (Wildman–Crippen LogP) is 1.52. The van der Waals surface area contributed by atoms with Gasteiger partial charge in [0.2, 0.25) is 0 Å². The van der Waals surface area contributed by atoms with Crippen molar-refractivity contribution in [1.82, 2.24) is 0 Å². The lowest BCUT2D eigenvalue weighted by atomic mass is 10.0. The number of aliphatic hydroxyl groups is 1. The van der Waals surface area contributed by atoms with Gasteiger partial charge in [0.1, 0.15) is 12.3 Å². The molecular formula is C8H17FO2. The van der Waals surface area contributed by atoms with Crippen LogP contribution in [0.15, 0.2) is 0 Å². The second kappa shape index (κ2) is 5.49. The van der Waals surface area contributed by atoms with Crippen molar-refractivity contribution in [3.8, 4) is 0 Å². The molecule has 1 atom stereocenters. The first-order valence-corrected chi connectivity index (χ1v) is 4.04. The zero-order chi connectivity index (χ0) is 8.74. The van der Waals surface area contributed by atoms with Crippen LogP contribution in [0.25, 0.3) is 0 Å². The highest BCUT2D eigenvalue weighted by Crippen LogP contribution is 2.10. The summed E-state index contributed by atoms with van der Waals surface area (Å²) in [6.45, 7) is 3.68. The summed E-state index contributed by atoms with van der Waals surface area (Å²) < 4.78 is 17.2. The molecule has 0 radical (unpaired) electrons. The first-order valence-electron chi connectivity index (χ1n) is 4.04. The molecule has 0 aromatic heterocycles. The van der Waals surface area contributed by atoms with E-state index < -0.39 is 12.3 Å². The van der Waals surface area contributed by atoms with Crippen molar-refractivity contribution in [3.63, 3.8) is 0 Å². The maximum atomic E-state index is 12.1. The summed E-state index contributed by atoms with van der Waals surface area (Å²) in [5.74, 6) is 0.